The number of morpholine rings is 1. The van der Waals surface area contributed by atoms with Crippen LogP contribution in [0.5, 0.6) is 0 Å². The first-order valence-corrected chi connectivity index (χ1v) is 7.70. The van der Waals surface area contributed by atoms with Crippen molar-refractivity contribution in [2.45, 2.75) is 6.18 Å². The molecule has 1 amide bonds. The van der Waals surface area contributed by atoms with Crippen LogP contribution >= 0.6 is 0 Å². The Labute approximate surface area is 142 Å². The number of halogens is 3. The molecule has 0 atom stereocenters. The van der Waals surface area contributed by atoms with Crippen LogP contribution in [-0.2, 0) is 10.9 Å². The lowest BCUT2D eigenvalue weighted by Crippen LogP contribution is -2.36. The number of benzene rings is 1. The van der Waals surface area contributed by atoms with Gasteiger partial charge in [0, 0.05) is 31.0 Å². The molecule has 1 saturated heterocycles. The lowest BCUT2D eigenvalue weighted by atomic mass is 10.1. The van der Waals surface area contributed by atoms with E-state index >= 15 is 0 Å². The van der Waals surface area contributed by atoms with Gasteiger partial charge in [-0.3, -0.25) is 9.78 Å². The molecule has 25 heavy (non-hydrogen) atoms. The summed E-state index contributed by atoms with van der Waals surface area (Å²) in [5.41, 5.74) is 0.173. The maximum Gasteiger partial charge on any atom is 0.416 e. The molecule has 0 unspecified atom stereocenters. The highest BCUT2D eigenvalue weighted by Gasteiger charge is 2.32. The van der Waals surface area contributed by atoms with E-state index in [-0.39, 0.29) is 5.69 Å². The second-order valence-electron chi connectivity index (χ2n) is 5.52. The minimum absolute atomic E-state index is 0.124. The van der Waals surface area contributed by atoms with Crippen molar-refractivity contribution in [3.8, 4) is 0 Å². The molecule has 1 aliphatic heterocycles. The standard InChI is InChI=1S/C17H16F3N3O2/c18-17(19,20)13-1-2-15(23-7-9-25-10-8-23)14(11-13)22-16(24)12-3-5-21-6-4-12/h1-6,11H,7-10H2,(H,22,24). The number of nitrogens with one attached hydrogen (secondary N) is 1. The fourth-order valence-corrected chi connectivity index (χ4v) is 2.59. The summed E-state index contributed by atoms with van der Waals surface area (Å²) in [4.78, 5) is 18.1. The van der Waals surface area contributed by atoms with Crippen LogP contribution < -0.4 is 10.2 Å². The van der Waals surface area contributed by atoms with E-state index in [1.54, 1.807) is 0 Å². The molecule has 0 spiro atoms. The SMILES string of the molecule is O=C(Nc1cc(C(F)(F)F)ccc1N1CCOCC1)c1ccncc1. The van der Waals surface area contributed by atoms with Crippen LogP contribution in [0.3, 0.4) is 0 Å². The minimum atomic E-state index is -4.49. The average Bonchev–Trinajstić information content (AvgIpc) is 2.62. The van der Waals surface area contributed by atoms with E-state index in [0.29, 0.717) is 37.6 Å². The molecule has 8 heteroatoms. The van der Waals surface area contributed by atoms with Gasteiger partial charge in [-0.05, 0) is 30.3 Å². The molecule has 3 rings (SSSR count). The first-order chi connectivity index (χ1) is 11.9. The van der Waals surface area contributed by atoms with Crippen LogP contribution in [0.25, 0.3) is 0 Å². The molecule has 0 bridgehead atoms. The van der Waals surface area contributed by atoms with E-state index in [4.69, 9.17) is 4.74 Å². The highest BCUT2D eigenvalue weighted by atomic mass is 19.4. The van der Waals surface area contributed by atoms with Gasteiger partial charge in [-0.1, -0.05) is 0 Å². The highest BCUT2D eigenvalue weighted by molar-refractivity contribution is 6.06. The molecule has 2 aromatic rings. The van der Waals surface area contributed by atoms with E-state index in [2.05, 4.69) is 10.3 Å². The second kappa shape index (κ2) is 7.10. The molecular weight excluding hydrogens is 335 g/mol. The zero-order valence-corrected chi connectivity index (χ0v) is 13.2. The largest absolute Gasteiger partial charge is 0.416 e. The molecule has 2 heterocycles. The van der Waals surface area contributed by atoms with Crippen molar-refractivity contribution in [3.05, 3.63) is 53.9 Å². The topological polar surface area (TPSA) is 54.5 Å². The number of nitrogens with zero attached hydrogens (tertiary/aromatic N) is 2. The molecule has 1 fully saturated rings. The van der Waals surface area contributed by atoms with E-state index < -0.39 is 17.6 Å². The molecule has 5 nitrogen and oxygen atoms in total. The zero-order chi connectivity index (χ0) is 17.9. The number of amides is 1. The van der Waals surface area contributed by atoms with Crippen molar-refractivity contribution in [1.29, 1.82) is 0 Å². The van der Waals surface area contributed by atoms with Gasteiger partial charge < -0.3 is 15.0 Å². The molecule has 132 valence electrons. The Balaban J connectivity index is 1.94. The average molecular weight is 351 g/mol. The van der Waals surface area contributed by atoms with Crippen molar-refractivity contribution in [2.24, 2.45) is 0 Å². The predicted octanol–water partition coefficient (Wildman–Crippen LogP) is 3.19. The smallest absolute Gasteiger partial charge is 0.378 e. The molecule has 1 N–H and O–H groups in total. The quantitative estimate of drug-likeness (QED) is 0.923. The number of carbonyl (C=O) groups excluding carboxylic acids is 1. The number of pyridine rings is 1. The van der Waals surface area contributed by atoms with Gasteiger partial charge in [0.05, 0.1) is 30.2 Å². The Morgan fingerprint density at radius 2 is 1.80 bits per heavy atom. The van der Waals surface area contributed by atoms with Gasteiger partial charge in [0.2, 0.25) is 0 Å². The summed E-state index contributed by atoms with van der Waals surface area (Å²) >= 11 is 0. The van der Waals surface area contributed by atoms with Crippen molar-refractivity contribution in [2.75, 3.05) is 36.5 Å². The summed E-state index contributed by atoms with van der Waals surface area (Å²) in [7, 11) is 0. The fraction of sp³-hybridized carbons (Fsp3) is 0.294. The van der Waals surface area contributed by atoms with Crippen molar-refractivity contribution in [3.63, 3.8) is 0 Å². The van der Waals surface area contributed by atoms with Crippen molar-refractivity contribution in [1.82, 2.24) is 4.98 Å². The summed E-state index contributed by atoms with van der Waals surface area (Å²) in [6, 6.07) is 6.36. The van der Waals surface area contributed by atoms with E-state index in [1.807, 2.05) is 4.90 Å². The van der Waals surface area contributed by atoms with Crippen LogP contribution in [0.1, 0.15) is 15.9 Å². The molecular formula is C17H16F3N3O2. The monoisotopic (exact) mass is 351 g/mol. The predicted molar refractivity (Wildman–Crippen MR) is 86.7 cm³/mol. The van der Waals surface area contributed by atoms with E-state index in [0.717, 1.165) is 12.1 Å². The Morgan fingerprint density at radius 1 is 1.12 bits per heavy atom. The Bertz CT molecular complexity index is 745. The Morgan fingerprint density at radius 3 is 2.44 bits per heavy atom. The summed E-state index contributed by atoms with van der Waals surface area (Å²) in [6.07, 6.45) is -1.59. The van der Waals surface area contributed by atoms with Crippen LogP contribution in [-0.4, -0.2) is 37.2 Å². The van der Waals surface area contributed by atoms with Crippen LogP contribution in [0, 0.1) is 0 Å². The summed E-state index contributed by atoms with van der Waals surface area (Å²) in [5, 5.41) is 2.59. The maximum atomic E-state index is 13.0. The van der Waals surface area contributed by atoms with Gasteiger partial charge in [-0.15, -0.1) is 0 Å². The Kier molecular flexibility index (Phi) is 4.89. The molecule has 1 aromatic carbocycles. The number of hydrogen-bond donors (Lipinski definition) is 1. The highest BCUT2D eigenvalue weighted by Crippen LogP contribution is 2.36. The second-order valence-corrected chi connectivity index (χ2v) is 5.52. The van der Waals surface area contributed by atoms with E-state index in [9.17, 15) is 18.0 Å². The maximum absolute atomic E-state index is 13.0. The first kappa shape index (κ1) is 17.2. The molecule has 0 saturated carbocycles. The van der Waals surface area contributed by atoms with Gasteiger partial charge in [0.15, 0.2) is 0 Å². The van der Waals surface area contributed by atoms with Gasteiger partial charge in [-0.25, -0.2) is 0 Å². The zero-order valence-electron chi connectivity index (χ0n) is 13.2. The number of rotatable bonds is 3. The lowest BCUT2D eigenvalue weighted by molar-refractivity contribution is -0.137. The third kappa shape index (κ3) is 4.08. The van der Waals surface area contributed by atoms with Gasteiger partial charge in [0.1, 0.15) is 0 Å². The van der Waals surface area contributed by atoms with Crippen LogP contribution in [0.15, 0.2) is 42.7 Å². The summed E-state index contributed by atoms with van der Waals surface area (Å²) < 4.78 is 44.4. The van der Waals surface area contributed by atoms with Crippen LogP contribution in [0.4, 0.5) is 24.5 Å². The fourth-order valence-electron chi connectivity index (χ4n) is 2.59. The number of alkyl halides is 3. The number of aromatic nitrogens is 1. The summed E-state index contributed by atoms with van der Waals surface area (Å²) in [6.45, 7) is 2.06. The molecule has 1 aliphatic rings. The third-order valence-corrected chi connectivity index (χ3v) is 3.87. The summed E-state index contributed by atoms with van der Waals surface area (Å²) in [5.74, 6) is -0.490. The molecule has 0 radical (unpaired) electrons. The minimum Gasteiger partial charge on any atom is -0.378 e. The lowest BCUT2D eigenvalue weighted by Gasteiger charge is -2.31. The van der Waals surface area contributed by atoms with Crippen molar-refractivity contribution >= 4 is 17.3 Å². The van der Waals surface area contributed by atoms with Crippen molar-refractivity contribution < 1.29 is 22.7 Å². The normalized spacial score (nSPS) is 15.1. The third-order valence-electron chi connectivity index (χ3n) is 3.87. The van der Waals surface area contributed by atoms with Gasteiger partial charge >= 0.3 is 6.18 Å². The van der Waals surface area contributed by atoms with Crippen LogP contribution in [0.2, 0.25) is 0 Å². The number of carbonyl (C=O) groups is 1. The molecule has 0 aliphatic carbocycles. The Hall–Kier alpha value is -2.61. The van der Waals surface area contributed by atoms with Gasteiger partial charge in [0.25, 0.3) is 5.91 Å². The molecule has 1 aromatic heterocycles. The van der Waals surface area contributed by atoms with E-state index in [1.165, 1.54) is 30.6 Å². The number of anilines is 2. The first-order valence-electron chi connectivity index (χ1n) is 7.70. The number of hydrogen-bond acceptors (Lipinski definition) is 4. The number of ether oxygens (including phenoxy) is 1. The van der Waals surface area contributed by atoms with Gasteiger partial charge in [-0.2, -0.15) is 13.2 Å².